The van der Waals surface area contributed by atoms with Gasteiger partial charge in [0.1, 0.15) is 5.69 Å². The van der Waals surface area contributed by atoms with Gasteiger partial charge in [-0.25, -0.2) is 0 Å². The van der Waals surface area contributed by atoms with E-state index in [4.69, 9.17) is 16.1 Å². The lowest BCUT2D eigenvalue weighted by Gasteiger charge is -2.02. The second kappa shape index (κ2) is 6.24. The van der Waals surface area contributed by atoms with Gasteiger partial charge in [-0.1, -0.05) is 16.8 Å². The fraction of sp³-hybridized carbons (Fsp3) is 0.0714. The van der Waals surface area contributed by atoms with Crippen molar-refractivity contribution in [3.8, 4) is 11.5 Å². The molecule has 0 atom stereocenters. The molecule has 3 rings (SSSR count). The van der Waals surface area contributed by atoms with Gasteiger partial charge in [-0.3, -0.25) is 4.98 Å². The summed E-state index contributed by atoms with van der Waals surface area (Å²) in [5, 5.41) is 7.81. The van der Waals surface area contributed by atoms with Crippen LogP contribution in [0.15, 0.2) is 51.6 Å². The molecule has 0 spiro atoms. The van der Waals surface area contributed by atoms with Crippen LogP contribution in [0.2, 0.25) is 5.02 Å². The summed E-state index contributed by atoms with van der Waals surface area (Å²) in [7, 11) is 0. The summed E-state index contributed by atoms with van der Waals surface area (Å²) in [6, 6.07) is 11.1. The van der Waals surface area contributed by atoms with E-state index in [-0.39, 0.29) is 0 Å². The van der Waals surface area contributed by atoms with Gasteiger partial charge in [-0.05, 0) is 52.3 Å². The maximum atomic E-state index is 5.83. The number of halogens is 2. The number of rotatable bonds is 4. The normalized spacial score (nSPS) is 10.6. The average molecular weight is 366 g/mol. The van der Waals surface area contributed by atoms with Gasteiger partial charge in [-0.2, -0.15) is 4.98 Å². The molecule has 0 saturated heterocycles. The number of benzene rings is 1. The van der Waals surface area contributed by atoms with Crippen molar-refractivity contribution in [3.63, 3.8) is 0 Å². The van der Waals surface area contributed by atoms with Crippen molar-refractivity contribution in [2.45, 2.75) is 6.54 Å². The van der Waals surface area contributed by atoms with Gasteiger partial charge in [0.05, 0.1) is 6.54 Å². The zero-order valence-electron chi connectivity index (χ0n) is 10.8. The highest BCUT2D eigenvalue weighted by atomic mass is 79.9. The van der Waals surface area contributed by atoms with Crippen LogP contribution in [0.1, 0.15) is 5.89 Å². The van der Waals surface area contributed by atoms with Crippen LogP contribution in [0.25, 0.3) is 11.5 Å². The fourth-order valence-corrected chi connectivity index (χ4v) is 2.28. The first kappa shape index (κ1) is 14.0. The van der Waals surface area contributed by atoms with E-state index in [2.05, 4.69) is 36.4 Å². The van der Waals surface area contributed by atoms with Crippen molar-refractivity contribution in [2.75, 3.05) is 5.32 Å². The molecule has 2 heterocycles. The van der Waals surface area contributed by atoms with Crippen molar-refractivity contribution in [2.24, 2.45) is 0 Å². The Kier molecular flexibility index (Phi) is 4.17. The second-order valence-corrected chi connectivity index (χ2v) is 5.50. The molecule has 0 aliphatic rings. The number of hydrogen-bond donors (Lipinski definition) is 1. The first-order valence-corrected chi connectivity index (χ1v) is 7.32. The minimum absolute atomic E-state index is 0.430. The van der Waals surface area contributed by atoms with Gasteiger partial charge in [0.15, 0.2) is 0 Å². The molecule has 106 valence electrons. The van der Waals surface area contributed by atoms with Crippen LogP contribution in [0.5, 0.6) is 0 Å². The molecule has 0 amide bonds. The van der Waals surface area contributed by atoms with E-state index in [0.29, 0.717) is 29.0 Å². The van der Waals surface area contributed by atoms with Crippen LogP contribution < -0.4 is 5.32 Å². The summed E-state index contributed by atoms with van der Waals surface area (Å²) in [4.78, 5) is 8.54. The molecule has 2 aromatic heterocycles. The molecule has 0 bridgehead atoms. The third kappa shape index (κ3) is 3.40. The molecule has 0 aliphatic heterocycles. The monoisotopic (exact) mass is 364 g/mol. The Morgan fingerprint density at radius 1 is 1.19 bits per heavy atom. The number of nitrogens with one attached hydrogen (secondary N) is 1. The van der Waals surface area contributed by atoms with E-state index in [1.165, 1.54) is 0 Å². The molecule has 0 saturated carbocycles. The van der Waals surface area contributed by atoms with Crippen LogP contribution in [0.4, 0.5) is 5.69 Å². The van der Waals surface area contributed by atoms with Crippen LogP contribution in [-0.2, 0) is 6.54 Å². The Morgan fingerprint density at radius 2 is 2.00 bits per heavy atom. The Balaban J connectivity index is 1.71. The Morgan fingerprint density at radius 3 is 2.76 bits per heavy atom. The molecule has 7 heteroatoms. The zero-order valence-corrected chi connectivity index (χ0v) is 13.1. The maximum absolute atomic E-state index is 5.83. The lowest BCUT2D eigenvalue weighted by molar-refractivity contribution is 0.384. The van der Waals surface area contributed by atoms with E-state index < -0.39 is 0 Å². The predicted octanol–water partition coefficient (Wildman–Crippen LogP) is 4.16. The van der Waals surface area contributed by atoms with Gasteiger partial charge < -0.3 is 9.84 Å². The van der Waals surface area contributed by atoms with Crippen molar-refractivity contribution in [3.05, 3.63) is 58.0 Å². The van der Waals surface area contributed by atoms with Crippen molar-refractivity contribution in [1.82, 2.24) is 15.1 Å². The summed E-state index contributed by atoms with van der Waals surface area (Å²) in [5.74, 6) is 0.938. The third-order valence-electron chi connectivity index (χ3n) is 2.73. The second-order valence-electron chi connectivity index (χ2n) is 4.21. The summed E-state index contributed by atoms with van der Waals surface area (Å²) >= 11 is 9.25. The van der Waals surface area contributed by atoms with E-state index >= 15 is 0 Å². The highest BCUT2D eigenvalue weighted by Gasteiger charge is 2.12. The molecule has 5 nitrogen and oxygen atoms in total. The van der Waals surface area contributed by atoms with E-state index in [9.17, 15) is 0 Å². The Labute approximate surface area is 134 Å². The topological polar surface area (TPSA) is 63.8 Å². The molecule has 0 fully saturated rings. The highest BCUT2D eigenvalue weighted by molar-refractivity contribution is 9.10. The number of anilines is 1. The van der Waals surface area contributed by atoms with Gasteiger partial charge in [0.25, 0.3) is 0 Å². The summed E-state index contributed by atoms with van der Waals surface area (Å²) < 4.78 is 6.03. The smallest absolute Gasteiger partial charge is 0.246 e. The SMILES string of the molecule is Clc1ccc(NCc2nc(-c3ncccc3Br)no2)cc1. The van der Waals surface area contributed by atoms with Gasteiger partial charge >= 0.3 is 0 Å². The number of aromatic nitrogens is 3. The van der Waals surface area contributed by atoms with Gasteiger partial charge in [0, 0.05) is 21.4 Å². The molecule has 21 heavy (non-hydrogen) atoms. The maximum Gasteiger partial charge on any atom is 0.246 e. The summed E-state index contributed by atoms with van der Waals surface area (Å²) in [6.45, 7) is 0.430. The van der Waals surface area contributed by atoms with Crippen LogP contribution in [-0.4, -0.2) is 15.1 Å². The number of nitrogens with zero attached hydrogens (tertiary/aromatic N) is 3. The molecule has 1 aromatic carbocycles. The molecular formula is C14H10BrClN4O. The Bertz CT molecular complexity index is 745. The molecule has 0 radical (unpaired) electrons. The van der Waals surface area contributed by atoms with Crippen LogP contribution >= 0.6 is 27.5 Å². The number of hydrogen-bond acceptors (Lipinski definition) is 5. The first-order chi connectivity index (χ1) is 10.2. The van der Waals surface area contributed by atoms with Gasteiger partial charge in [-0.15, -0.1) is 0 Å². The predicted molar refractivity (Wildman–Crippen MR) is 84.0 cm³/mol. The largest absolute Gasteiger partial charge is 0.376 e. The van der Waals surface area contributed by atoms with Crippen molar-refractivity contribution >= 4 is 33.2 Å². The molecular weight excluding hydrogens is 356 g/mol. The van der Waals surface area contributed by atoms with E-state index in [1.807, 2.05) is 36.4 Å². The third-order valence-corrected chi connectivity index (χ3v) is 3.62. The zero-order chi connectivity index (χ0) is 14.7. The molecule has 0 aliphatic carbocycles. The lowest BCUT2D eigenvalue weighted by Crippen LogP contribution is -1.99. The standard InChI is InChI=1S/C14H10BrClN4O/c15-11-2-1-7-17-13(11)14-19-12(21-20-14)8-18-10-5-3-9(16)4-6-10/h1-7,18H,8H2. The first-order valence-electron chi connectivity index (χ1n) is 6.15. The Hall–Kier alpha value is -1.92. The summed E-state index contributed by atoms with van der Waals surface area (Å²) in [5.41, 5.74) is 1.58. The molecule has 0 unspecified atom stereocenters. The van der Waals surface area contributed by atoms with Crippen molar-refractivity contribution < 1.29 is 4.52 Å². The average Bonchev–Trinajstić information content (AvgIpc) is 2.96. The minimum atomic E-state index is 0.430. The number of pyridine rings is 1. The fourth-order valence-electron chi connectivity index (χ4n) is 1.72. The lowest BCUT2D eigenvalue weighted by atomic mass is 10.3. The molecule has 1 N–H and O–H groups in total. The van der Waals surface area contributed by atoms with E-state index in [0.717, 1.165) is 10.2 Å². The van der Waals surface area contributed by atoms with Crippen molar-refractivity contribution in [1.29, 1.82) is 0 Å². The van der Waals surface area contributed by atoms with Crippen LogP contribution in [0, 0.1) is 0 Å². The van der Waals surface area contributed by atoms with E-state index in [1.54, 1.807) is 6.20 Å². The minimum Gasteiger partial charge on any atom is -0.376 e. The molecule has 3 aromatic rings. The highest BCUT2D eigenvalue weighted by Crippen LogP contribution is 2.23. The van der Waals surface area contributed by atoms with Gasteiger partial charge in [0.2, 0.25) is 11.7 Å². The van der Waals surface area contributed by atoms with Crippen LogP contribution in [0.3, 0.4) is 0 Å². The quantitative estimate of drug-likeness (QED) is 0.752. The summed E-state index contributed by atoms with van der Waals surface area (Å²) in [6.07, 6.45) is 1.68.